The normalized spacial score (nSPS) is 16.9. The van der Waals surface area contributed by atoms with Crippen molar-refractivity contribution >= 4 is 28.6 Å². The predicted molar refractivity (Wildman–Crippen MR) is 177 cm³/mol. The quantitative estimate of drug-likeness (QED) is 0.199. The first-order chi connectivity index (χ1) is 23.7. The van der Waals surface area contributed by atoms with Crippen molar-refractivity contribution in [3.8, 4) is 5.75 Å². The third-order valence-electron chi connectivity index (χ3n) is 9.24. The molecule has 15 heteroatoms. The SMILES string of the molecule is CNC(C)C(=O)N[C@H](C(=O)N1CCN(C(=O)c2c(OCCOCCOCCOCCO)c3cc(F)c(F)cc3n2C)CC1)C1CCCCC1. The molecule has 0 spiro atoms. The minimum absolute atomic E-state index is 0.0424. The summed E-state index contributed by atoms with van der Waals surface area (Å²) in [4.78, 5) is 43.9. The molecule has 1 aromatic carbocycles. The Morgan fingerprint density at radius 2 is 1.45 bits per heavy atom. The standard InChI is InChI=1S/C34H51F2N5O8/c1-23(37-2)32(43)38-29(24-7-5-4-6-8-24)33(44)40-9-11-41(12-10-40)34(45)30-31(25-21-26(35)27(36)22-28(25)39(30)3)49-20-19-48-18-17-47-16-15-46-14-13-42/h21-24,29,37,42H,4-20H2,1-3H3,(H,38,43)/t23?,29-/m0/s1. The highest BCUT2D eigenvalue weighted by atomic mass is 19.2. The molecule has 0 bridgehead atoms. The minimum Gasteiger partial charge on any atom is -0.488 e. The van der Waals surface area contributed by atoms with Crippen molar-refractivity contribution in [2.45, 2.75) is 51.1 Å². The summed E-state index contributed by atoms with van der Waals surface area (Å²) in [5.41, 5.74) is 0.435. The van der Waals surface area contributed by atoms with Crippen LogP contribution in [0.15, 0.2) is 12.1 Å². The van der Waals surface area contributed by atoms with Gasteiger partial charge in [-0.15, -0.1) is 0 Å². The van der Waals surface area contributed by atoms with E-state index in [1.54, 1.807) is 30.8 Å². The van der Waals surface area contributed by atoms with E-state index in [1.807, 2.05) is 0 Å². The Balaban J connectivity index is 1.40. The van der Waals surface area contributed by atoms with Crippen molar-refractivity contribution in [2.75, 3.05) is 86.1 Å². The van der Waals surface area contributed by atoms with Crippen LogP contribution in [0.2, 0.25) is 0 Å². The van der Waals surface area contributed by atoms with E-state index in [0.29, 0.717) is 25.3 Å². The molecule has 2 atom stereocenters. The molecule has 3 N–H and O–H groups in total. The van der Waals surface area contributed by atoms with Crippen LogP contribution in [0.1, 0.15) is 49.5 Å². The summed E-state index contributed by atoms with van der Waals surface area (Å²) in [6.45, 7) is 4.50. The number of nitrogens with one attached hydrogen (secondary N) is 2. The van der Waals surface area contributed by atoms with E-state index in [4.69, 9.17) is 24.1 Å². The molecule has 3 amide bonds. The Kier molecular flexibility index (Phi) is 15.0. The molecule has 1 saturated heterocycles. The molecule has 13 nitrogen and oxygen atoms in total. The Bertz CT molecular complexity index is 1390. The first-order valence-electron chi connectivity index (χ1n) is 17.2. The zero-order valence-corrected chi connectivity index (χ0v) is 28.8. The van der Waals surface area contributed by atoms with Crippen LogP contribution in [0.5, 0.6) is 5.75 Å². The number of aliphatic hydroxyl groups is 1. The maximum atomic E-state index is 14.4. The van der Waals surface area contributed by atoms with Crippen molar-refractivity contribution in [3.63, 3.8) is 0 Å². The van der Waals surface area contributed by atoms with Gasteiger partial charge in [0.15, 0.2) is 23.1 Å². The number of hydrogen-bond acceptors (Lipinski definition) is 9. The van der Waals surface area contributed by atoms with Crippen LogP contribution in [0.4, 0.5) is 8.78 Å². The number of fused-ring (bicyclic) bond motifs is 1. The van der Waals surface area contributed by atoms with E-state index in [0.717, 1.165) is 44.2 Å². The van der Waals surface area contributed by atoms with Crippen molar-refractivity contribution in [2.24, 2.45) is 13.0 Å². The molecule has 2 aromatic rings. The van der Waals surface area contributed by atoms with E-state index >= 15 is 0 Å². The summed E-state index contributed by atoms with van der Waals surface area (Å²) in [5, 5.41) is 14.9. The van der Waals surface area contributed by atoms with Crippen molar-refractivity contribution in [3.05, 3.63) is 29.5 Å². The lowest BCUT2D eigenvalue weighted by Gasteiger charge is -2.39. The van der Waals surface area contributed by atoms with E-state index in [2.05, 4.69) is 10.6 Å². The predicted octanol–water partition coefficient (Wildman–Crippen LogP) is 1.83. The monoisotopic (exact) mass is 695 g/mol. The third-order valence-corrected chi connectivity index (χ3v) is 9.24. The zero-order chi connectivity index (χ0) is 35.3. The number of benzene rings is 1. The first-order valence-corrected chi connectivity index (χ1v) is 17.2. The molecule has 0 radical (unpaired) electrons. The molecular formula is C34H51F2N5O8. The number of carbonyl (C=O) groups is 3. The summed E-state index contributed by atoms with van der Waals surface area (Å²) in [6, 6.07) is 0.989. The minimum atomic E-state index is -1.06. The molecule has 1 unspecified atom stereocenters. The third kappa shape index (κ3) is 10.1. The number of piperazine rings is 1. The van der Waals surface area contributed by atoms with Crippen molar-refractivity contribution < 1.29 is 47.2 Å². The van der Waals surface area contributed by atoms with Crippen molar-refractivity contribution in [1.82, 2.24) is 25.0 Å². The fourth-order valence-electron chi connectivity index (χ4n) is 6.33. The van der Waals surface area contributed by atoms with Crippen LogP contribution in [-0.2, 0) is 30.8 Å². The number of nitrogens with zero attached hydrogens (tertiary/aromatic N) is 3. The molecule has 2 aliphatic rings. The summed E-state index contributed by atoms with van der Waals surface area (Å²) < 4.78 is 52.3. The Hall–Kier alpha value is -3.37. The van der Waals surface area contributed by atoms with E-state index in [9.17, 15) is 23.2 Å². The summed E-state index contributed by atoms with van der Waals surface area (Å²) >= 11 is 0. The molecule has 49 heavy (non-hydrogen) atoms. The number of amides is 3. The van der Waals surface area contributed by atoms with Gasteiger partial charge in [-0.25, -0.2) is 8.78 Å². The Labute approximate surface area is 286 Å². The average molecular weight is 696 g/mol. The average Bonchev–Trinajstić information content (AvgIpc) is 3.38. The number of ether oxygens (including phenoxy) is 4. The van der Waals surface area contributed by atoms with Gasteiger partial charge in [0.2, 0.25) is 11.8 Å². The molecule has 274 valence electrons. The van der Waals surface area contributed by atoms with Crippen LogP contribution < -0.4 is 15.4 Å². The first kappa shape index (κ1) is 38.4. The fourth-order valence-corrected chi connectivity index (χ4v) is 6.33. The largest absolute Gasteiger partial charge is 0.488 e. The summed E-state index contributed by atoms with van der Waals surface area (Å²) in [5.74, 6) is -2.68. The van der Waals surface area contributed by atoms with Gasteiger partial charge in [0, 0.05) is 44.7 Å². The smallest absolute Gasteiger partial charge is 0.274 e. The van der Waals surface area contributed by atoms with Gasteiger partial charge >= 0.3 is 0 Å². The topological polar surface area (TPSA) is 144 Å². The van der Waals surface area contributed by atoms with Crippen LogP contribution in [-0.4, -0.2) is 135 Å². The number of aromatic nitrogens is 1. The van der Waals surface area contributed by atoms with Crippen molar-refractivity contribution in [1.29, 1.82) is 0 Å². The second-order valence-corrected chi connectivity index (χ2v) is 12.4. The summed E-state index contributed by atoms with van der Waals surface area (Å²) in [7, 11) is 3.30. The highest BCUT2D eigenvalue weighted by Crippen LogP contribution is 2.35. The summed E-state index contributed by atoms with van der Waals surface area (Å²) in [6.07, 6.45) is 4.88. The molecule has 1 saturated carbocycles. The second kappa shape index (κ2) is 19.1. The Morgan fingerprint density at radius 1 is 0.878 bits per heavy atom. The highest BCUT2D eigenvalue weighted by molar-refractivity contribution is 6.04. The van der Waals surface area contributed by atoms with Gasteiger partial charge in [0.05, 0.1) is 57.8 Å². The number of aliphatic hydroxyl groups excluding tert-OH is 1. The lowest BCUT2D eigenvalue weighted by molar-refractivity contribution is -0.140. The number of aryl methyl sites for hydroxylation is 1. The van der Waals surface area contributed by atoms with Gasteiger partial charge in [-0.1, -0.05) is 19.3 Å². The van der Waals surface area contributed by atoms with Gasteiger partial charge in [0.25, 0.3) is 5.91 Å². The van der Waals surface area contributed by atoms with E-state index in [-0.39, 0.29) is 99.7 Å². The lowest BCUT2D eigenvalue weighted by Crippen LogP contribution is -2.59. The van der Waals surface area contributed by atoms with Crippen LogP contribution >= 0.6 is 0 Å². The van der Waals surface area contributed by atoms with Gasteiger partial charge in [-0.05, 0) is 38.8 Å². The highest BCUT2D eigenvalue weighted by Gasteiger charge is 2.37. The number of hydrogen-bond donors (Lipinski definition) is 3. The molecule has 2 heterocycles. The van der Waals surface area contributed by atoms with Crippen LogP contribution in [0.25, 0.3) is 10.9 Å². The Morgan fingerprint density at radius 3 is 2.06 bits per heavy atom. The number of halogens is 2. The molecule has 1 aromatic heterocycles. The van der Waals surface area contributed by atoms with Gasteiger partial charge in [0.1, 0.15) is 12.6 Å². The fraction of sp³-hybridized carbons (Fsp3) is 0.676. The zero-order valence-electron chi connectivity index (χ0n) is 28.8. The maximum absolute atomic E-state index is 14.4. The molecular weight excluding hydrogens is 644 g/mol. The van der Waals surface area contributed by atoms with Gasteiger partial charge in [-0.3, -0.25) is 14.4 Å². The molecule has 2 fully saturated rings. The van der Waals surface area contributed by atoms with E-state index in [1.165, 1.54) is 4.57 Å². The van der Waals surface area contributed by atoms with E-state index < -0.39 is 23.7 Å². The number of carbonyl (C=O) groups excluding carboxylic acids is 3. The second-order valence-electron chi connectivity index (χ2n) is 12.4. The number of likely N-dealkylation sites (N-methyl/N-ethyl adjacent to an activating group) is 1. The lowest BCUT2D eigenvalue weighted by atomic mass is 9.83. The van der Waals surface area contributed by atoms with Gasteiger partial charge < -0.3 is 49.1 Å². The maximum Gasteiger partial charge on any atom is 0.274 e. The van der Waals surface area contributed by atoms with Crippen LogP contribution in [0.3, 0.4) is 0 Å². The molecule has 1 aliphatic heterocycles. The van der Waals surface area contributed by atoms with Gasteiger partial charge in [-0.2, -0.15) is 0 Å². The van der Waals surface area contributed by atoms with Crippen LogP contribution in [0, 0.1) is 17.6 Å². The number of rotatable bonds is 18. The molecule has 4 rings (SSSR count). The molecule has 1 aliphatic carbocycles.